The molecule has 4 aromatic rings. The van der Waals surface area contributed by atoms with Crippen molar-refractivity contribution in [2.75, 3.05) is 5.73 Å². The molecule has 0 unspecified atom stereocenters. The van der Waals surface area contributed by atoms with Gasteiger partial charge in [0.15, 0.2) is 0 Å². The van der Waals surface area contributed by atoms with Crippen molar-refractivity contribution in [2.45, 2.75) is 47.0 Å². The predicted octanol–water partition coefficient (Wildman–Crippen LogP) is 5.26. The number of nitrogens with zero attached hydrogens (tertiary/aromatic N) is 4. The number of rotatable bonds is 4. The molecule has 4 heterocycles. The predicted molar refractivity (Wildman–Crippen MR) is 128 cm³/mol. The van der Waals surface area contributed by atoms with Gasteiger partial charge in [-0.1, -0.05) is 13.8 Å². The van der Waals surface area contributed by atoms with Gasteiger partial charge in [0.2, 0.25) is 0 Å². The number of fused-ring (bicyclic) bond motifs is 2. The average molecular weight is 535 g/mol. The summed E-state index contributed by atoms with van der Waals surface area (Å²) in [5, 5.41) is 0. The van der Waals surface area contributed by atoms with Crippen LogP contribution in [0.25, 0.3) is 11.3 Å². The molecule has 0 aromatic carbocycles. The molecule has 0 aliphatic carbocycles. The molecule has 6 nitrogen and oxygen atoms in total. The highest BCUT2D eigenvalue weighted by atomic mass is 79.9. The van der Waals surface area contributed by atoms with Gasteiger partial charge in [-0.15, -0.1) is 0 Å². The van der Waals surface area contributed by atoms with Gasteiger partial charge in [-0.2, -0.15) is 0 Å². The molecule has 0 saturated heterocycles. The number of aldehydes is 1. The molecule has 30 heavy (non-hydrogen) atoms. The van der Waals surface area contributed by atoms with Gasteiger partial charge in [0.25, 0.3) is 0 Å². The summed E-state index contributed by atoms with van der Waals surface area (Å²) in [4.78, 5) is 19.8. The maximum atomic E-state index is 10.7. The summed E-state index contributed by atoms with van der Waals surface area (Å²) in [6.07, 6.45) is 6.97. The number of anilines is 1. The average Bonchev–Trinajstić information content (AvgIpc) is 3.21. The highest BCUT2D eigenvalue weighted by Gasteiger charge is 2.12. The van der Waals surface area contributed by atoms with E-state index < -0.39 is 0 Å². The fourth-order valence-corrected chi connectivity index (χ4v) is 4.63. The zero-order valence-corrected chi connectivity index (χ0v) is 20.7. The molecular formula is C22H25Br2N5O. The van der Waals surface area contributed by atoms with Crippen molar-refractivity contribution in [3.8, 4) is 0 Å². The van der Waals surface area contributed by atoms with Crippen LogP contribution in [0.15, 0.2) is 33.5 Å². The van der Waals surface area contributed by atoms with Crippen molar-refractivity contribution >= 4 is 55.3 Å². The summed E-state index contributed by atoms with van der Waals surface area (Å²) in [5.74, 6) is 0.743. The van der Waals surface area contributed by atoms with Crippen molar-refractivity contribution in [3.63, 3.8) is 0 Å². The molecule has 0 fully saturated rings. The molecule has 4 rings (SSSR count). The Bertz CT molecular complexity index is 1230. The Labute approximate surface area is 192 Å². The Morgan fingerprint density at radius 1 is 0.933 bits per heavy atom. The lowest BCUT2D eigenvalue weighted by atomic mass is 10.2. The van der Waals surface area contributed by atoms with E-state index in [4.69, 9.17) is 5.73 Å². The number of nitrogen functional groups attached to an aromatic ring is 1. The summed E-state index contributed by atoms with van der Waals surface area (Å²) < 4.78 is 5.96. The van der Waals surface area contributed by atoms with Gasteiger partial charge in [0.1, 0.15) is 23.4 Å². The smallest absolute Gasteiger partial charge is 0.141 e. The fourth-order valence-electron chi connectivity index (χ4n) is 3.53. The van der Waals surface area contributed by atoms with Crippen molar-refractivity contribution in [1.29, 1.82) is 0 Å². The zero-order chi connectivity index (χ0) is 22.0. The van der Waals surface area contributed by atoms with E-state index in [2.05, 4.69) is 55.7 Å². The Hall–Kier alpha value is -2.19. The summed E-state index contributed by atoms with van der Waals surface area (Å²) in [7, 11) is 0. The first kappa shape index (κ1) is 22.5. The Balaban J connectivity index is 0.000000172. The molecule has 2 N–H and O–H groups in total. The van der Waals surface area contributed by atoms with E-state index in [1.54, 1.807) is 0 Å². The maximum absolute atomic E-state index is 10.7. The number of aryl methyl sites for hydroxylation is 4. The summed E-state index contributed by atoms with van der Waals surface area (Å²) in [6, 6.07) is 4.08. The largest absolute Gasteiger partial charge is 0.383 e. The molecular weight excluding hydrogens is 510 g/mol. The molecule has 0 bridgehead atoms. The molecule has 0 aliphatic rings. The lowest BCUT2D eigenvalue weighted by molar-refractivity contribution is -0.107. The van der Waals surface area contributed by atoms with Crippen LogP contribution in [-0.4, -0.2) is 25.1 Å². The number of aromatic nitrogens is 4. The van der Waals surface area contributed by atoms with Crippen molar-refractivity contribution in [3.05, 3.63) is 61.7 Å². The molecule has 0 amide bonds. The van der Waals surface area contributed by atoms with E-state index in [-0.39, 0.29) is 0 Å². The van der Waals surface area contributed by atoms with Gasteiger partial charge in [-0.3, -0.25) is 4.40 Å². The van der Waals surface area contributed by atoms with Gasteiger partial charge >= 0.3 is 0 Å². The lowest BCUT2D eigenvalue weighted by Crippen LogP contribution is -1.97. The number of hydrogen-bond donors (Lipinski definition) is 1. The van der Waals surface area contributed by atoms with Crippen LogP contribution in [0.5, 0.6) is 0 Å². The number of hydrogen-bond acceptors (Lipinski definition) is 4. The van der Waals surface area contributed by atoms with Crippen LogP contribution in [0, 0.1) is 13.8 Å². The van der Waals surface area contributed by atoms with Crippen LogP contribution in [0.4, 0.5) is 5.82 Å². The van der Waals surface area contributed by atoms with Crippen LogP contribution in [-0.2, 0) is 24.1 Å². The van der Waals surface area contributed by atoms with E-state index in [1.165, 1.54) is 0 Å². The summed E-state index contributed by atoms with van der Waals surface area (Å²) in [5.41, 5.74) is 13.1. The molecule has 158 valence electrons. The maximum Gasteiger partial charge on any atom is 0.141 e. The highest BCUT2D eigenvalue weighted by molar-refractivity contribution is 9.10. The summed E-state index contributed by atoms with van der Waals surface area (Å²) >= 11 is 6.91. The normalized spacial score (nSPS) is 11.0. The Morgan fingerprint density at radius 2 is 1.43 bits per heavy atom. The third-order valence-corrected chi connectivity index (χ3v) is 5.85. The van der Waals surface area contributed by atoms with Gasteiger partial charge in [-0.05, 0) is 81.8 Å². The highest BCUT2D eigenvalue weighted by Crippen LogP contribution is 2.22. The molecule has 0 saturated carbocycles. The van der Waals surface area contributed by atoms with Gasteiger partial charge < -0.3 is 14.9 Å². The van der Waals surface area contributed by atoms with E-state index >= 15 is 0 Å². The van der Waals surface area contributed by atoms with Crippen LogP contribution >= 0.6 is 31.9 Å². The number of imidazole rings is 2. The lowest BCUT2D eigenvalue weighted by Gasteiger charge is -2.02. The second kappa shape index (κ2) is 9.31. The van der Waals surface area contributed by atoms with Gasteiger partial charge in [0.05, 0.1) is 17.1 Å². The first-order valence-corrected chi connectivity index (χ1v) is 11.4. The molecule has 0 radical (unpaired) electrons. The monoisotopic (exact) mass is 533 g/mol. The Morgan fingerprint density at radius 3 is 1.97 bits per heavy atom. The molecule has 4 aromatic heterocycles. The third-order valence-electron chi connectivity index (χ3n) is 4.98. The van der Waals surface area contributed by atoms with Crippen molar-refractivity contribution in [1.82, 2.24) is 18.8 Å². The zero-order valence-electron chi connectivity index (χ0n) is 17.5. The van der Waals surface area contributed by atoms with Crippen molar-refractivity contribution in [2.24, 2.45) is 0 Å². The first-order valence-electron chi connectivity index (χ1n) is 9.82. The fraction of sp³-hybridized carbons (Fsp3) is 0.318. The molecule has 8 heteroatoms. The molecule has 0 spiro atoms. The SMILES string of the molecule is CCc1nc2c(C)cc(Br)cn2c1CC=O.CCc1nc2c(C)cc(Br)cn2c1N. The van der Waals surface area contributed by atoms with Crippen molar-refractivity contribution < 1.29 is 4.79 Å². The number of carbonyl (C=O) groups is 1. The van der Waals surface area contributed by atoms with Gasteiger partial charge in [0, 0.05) is 27.8 Å². The molecule has 0 atom stereocenters. The second-order valence-electron chi connectivity index (χ2n) is 7.10. The van der Waals surface area contributed by atoms with Crippen LogP contribution in [0.2, 0.25) is 0 Å². The standard InChI is InChI=1S/C12H13BrN2O.C10H12BrN3/c1-3-10-11(4-5-16)15-7-9(13)6-8(2)12(15)14-10;1-3-8-9(12)14-5-7(11)4-6(2)10(14)13-8/h5-7H,3-4H2,1-2H3;4-5H,3,12H2,1-2H3. The van der Waals surface area contributed by atoms with E-state index in [1.807, 2.05) is 47.2 Å². The first-order chi connectivity index (χ1) is 14.3. The van der Waals surface area contributed by atoms with E-state index in [0.29, 0.717) is 6.42 Å². The number of pyridine rings is 2. The van der Waals surface area contributed by atoms with Crippen LogP contribution < -0.4 is 5.73 Å². The number of nitrogens with two attached hydrogens (primary N) is 1. The minimum atomic E-state index is 0.417. The topological polar surface area (TPSA) is 77.7 Å². The van der Waals surface area contributed by atoms with E-state index in [9.17, 15) is 4.79 Å². The number of halogens is 2. The minimum Gasteiger partial charge on any atom is -0.383 e. The van der Waals surface area contributed by atoms with E-state index in [0.717, 1.165) is 73.4 Å². The van der Waals surface area contributed by atoms with Gasteiger partial charge in [-0.25, -0.2) is 9.97 Å². The quantitative estimate of drug-likeness (QED) is 0.362. The second-order valence-corrected chi connectivity index (χ2v) is 8.93. The Kier molecular flexibility index (Phi) is 6.98. The minimum absolute atomic E-state index is 0.417. The van der Waals surface area contributed by atoms with Crippen LogP contribution in [0.1, 0.15) is 42.1 Å². The summed E-state index contributed by atoms with van der Waals surface area (Å²) in [6.45, 7) is 8.17. The third kappa shape index (κ3) is 4.30. The van der Waals surface area contributed by atoms with Crippen LogP contribution in [0.3, 0.4) is 0 Å². The number of carbonyl (C=O) groups excluding carboxylic acids is 1. The molecule has 0 aliphatic heterocycles.